The van der Waals surface area contributed by atoms with Crippen LogP contribution in [0, 0.1) is 5.82 Å². The van der Waals surface area contributed by atoms with Gasteiger partial charge in [0, 0.05) is 44.0 Å². The van der Waals surface area contributed by atoms with Crippen molar-refractivity contribution in [2.75, 3.05) is 25.1 Å². The van der Waals surface area contributed by atoms with E-state index in [-0.39, 0.29) is 11.4 Å². The van der Waals surface area contributed by atoms with Crippen LogP contribution in [0.15, 0.2) is 53.7 Å². The summed E-state index contributed by atoms with van der Waals surface area (Å²) < 4.78 is 20.5. The van der Waals surface area contributed by atoms with Crippen LogP contribution in [0.25, 0.3) is 17.0 Å². The van der Waals surface area contributed by atoms with E-state index in [2.05, 4.69) is 16.0 Å². The van der Waals surface area contributed by atoms with Crippen molar-refractivity contribution in [3.05, 3.63) is 70.7 Å². The van der Waals surface area contributed by atoms with Gasteiger partial charge in [0.15, 0.2) is 0 Å². The molecule has 0 spiro atoms. The number of benzene rings is 1. The molecule has 0 radical (unpaired) electrons. The van der Waals surface area contributed by atoms with Crippen molar-refractivity contribution in [2.45, 2.75) is 6.42 Å². The van der Waals surface area contributed by atoms with Gasteiger partial charge in [0.05, 0.1) is 18.5 Å². The Kier molecular flexibility index (Phi) is 5.07. The van der Waals surface area contributed by atoms with Crippen molar-refractivity contribution in [2.24, 2.45) is 7.05 Å². The van der Waals surface area contributed by atoms with E-state index in [1.165, 1.54) is 36.2 Å². The maximum atomic E-state index is 13.6. The van der Waals surface area contributed by atoms with E-state index >= 15 is 0 Å². The molecular formula is C21H20FN5O2. The highest BCUT2D eigenvalue weighted by Crippen LogP contribution is 2.31. The Labute approximate surface area is 167 Å². The molecule has 29 heavy (non-hydrogen) atoms. The minimum Gasteiger partial charge on any atom is -0.496 e. The van der Waals surface area contributed by atoms with Gasteiger partial charge in [-0.3, -0.25) is 9.36 Å². The number of anilines is 1. The lowest BCUT2D eigenvalue weighted by Crippen LogP contribution is -2.35. The fourth-order valence-electron chi connectivity index (χ4n) is 3.42. The molecule has 148 valence electrons. The fraction of sp³-hybridized carbons (Fsp3) is 0.238. The summed E-state index contributed by atoms with van der Waals surface area (Å²) in [5, 5.41) is 0. The largest absolute Gasteiger partial charge is 0.496 e. The summed E-state index contributed by atoms with van der Waals surface area (Å²) in [7, 11) is 3.22. The first-order valence-corrected chi connectivity index (χ1v) is 9.19. The minimum absolute atomic E-state index is 0.168. The van der Waals surface area contributed by atoms with E-state index in [1.807, 2.05) is 4.90 Å². The Morgan fingerprint density at radius 3 is 2.79 bits per heavy atom. The summed E-state index contributed by atoms with van der Waals surface area (Å²) >= 11 is 0. The predicted octanol–water partition coefficient (Wildman–Crippen LogP) is 2.68. The molecule has 0 unspecified atom stereocenters. The number of hydrogen-bond acceptors (Lipinski definition) is 6. The minimum atomic E-state index is -0.347. The molecule has 0 amide bonds. The van der Waals surface area contributed by atoms with E-state index in [0.29, 0.717) is 36.2 Å². The summed E-state index contributed by atoms with van der Waals surface area (Å²) in [4.78, 5) is 27.4. The van der Waals surface area contributed by atoms with Gasteiger partial charge in [-0.05, 0) is 30.2 Å². The van der Waals surface area contributed by atoms with Crippen molar-refractivity contribution in [3.8, 4) is 17.1 Å². The van der Waals surface area contributed by atoms with E-state index in [0.717, 1.165) is 17.6 Å². The lowest BCUT2D eigenvalue weighted by molar-refractivity contribution is 0.410. The van der Waals surface area contributed by atoms with Crippen molar-refractivity contribution >= 4 is 11.5 Å². The number of rotatable bonds is 4. The lowest BCUT2D eigenvalue weighted by atomic mass is 10.00. The van der Waals surface area contributed by atoms with Gasteiger partial charge in [0.1, 0.15) is 17.9 Å². The highest BCUT2D eigenvalue weighted by atomic mass is 19.1. The average molecular weight is 393 g/mol. The third-order valence-electron chi connectivity index (χ3n) is 4.90. The summed E-state index contributed by atoms with van der Waals surface area (Å²) in [5.41, 5.74) is 2.75. The monoisotopic (exact) mass is 393 g/mol. The predicted molar refractivity (Wildman–Crippen MR) is 108 cm³/mol. The normalized spacial score (nSPS) is 13.9. The average Bonchev–Trinajstić information content (AvgIpc) is 2.76. The number of ether oxygens (including phenoxy) is 1. The summed E-state index contributed by atoms with van der Waals surface area (Å²) in [6.07, 6.45) is 5.92. The number of methoxy groups -OCH3 is 1. The zero-order valence-corrected chi connectivity index (χ0v) is 16.2. The molecule has 0 bridgehead atoms. The van der Waals surface area contributed by atoms with E-state index in [4.69, 9.17) is 9.72 Å². The smallest absolute Gasteiger partial charge is 0.255 e. The first-order chi connectivity index (χ1) is 14.1. The summed E-state index contributed by atoms with van der Waals surface area (Å²) in [6.45, 7) is 1.23. The lowest BCUT2D eigenvalue weighted by Gasteiger charge is -2.30. The van der Waals surface area contributed by atoms with Gasteiger partial charge in [-0.2, -0.15) is 0 Å². The van der Waals surface area contributed by atoms with Gasteiger partial charge in [-0.25, -0.2) is 19.3 Å². The highest BCUT2D eigenvalue weighted by molar-refractivity contribution is 5.75. The van der Waals surface area contributed by atoms with Crippen LogP contribution >= 0.6 is 0 Å². The van der Waals surface area contributed by atoms with Gasteiger partial charge in [0.2, 0.25) is 5.95 Å². The third-order valence-corrected chi connectivity index (χ3v) is 4.90. The molecule has 3 aromatic rings. The van der Waals surface area contributed by atoms with Crippen molar-refractivity contribution in [1.82, 2.24) is 19.5 Å². The molecule has 8 heteroatoms. The molecule has 1 aromatic carbocycles. The van der Waals surface area contributed by atoms with Gasteiger partial charge in [0.25, 0.3) is 5.56 Å². The standard InChI is InChI=1S/C21H20FN5O2/c1-26-20(28)11-18(17-7-8-23-13-24-17)25-21(26)27-9-3-4-14(12-27)16-6-5-15(22)10-19(16)29-2/h4-8,10-11,13H,3,9,12H2,1-2H3. The molecule has 0 N–H and O–H groups in total. The molecule has 0 fully saturated rings. The van der Waals surface area contributed by atoms with Crippen molar-refractivity contribution in [3.63, 3.8) is 0 Å². The maximum absolute atomic E-state index is 13.6. The number of hydrogen-bond donors (Lipinski definition) is 0. The van der Waals surface area contributed by atoms with Crippen LogP contribution in [-0.4, -0.2) is 39.7 Å². The first kappa shape index (κ1) is 18.8. The topological polar surface area (TPSA) is 73.1 Å². The molecule has 1 aliphatic heterocycles. The highest BCUT2D eigenvalue weighted by Gasteiger charge is 2.21. The zero-order chi connectivity index (χ0) is 20.4. The molecule has 4 rings (SSSR count). The Hall–Kier alpha value is -3.55. The molecule has 7 nitrogen and oxygen atoms in total. The number of aromatic nitrogens is 4. The molecular weight excluding hydrogens is 373 g/mol. The van der Waals surface area contributed by atoms with Crippen LogP contribution in [-0.2, 0) is 7.05 Å². The Morgan fingerprint density at radius 1 is 1.17 bits per heavy atom. The van der Waals surface area contributed by atoms with Crippen LogP contribution in [0.5, 0.6) is 5.75 Å². The maximum Gasteiger partial charge on any atom is 0.255 e. The first-order valence-electron chi connectivity index (χ1n) is 9.19. The van der Waals surface area contributed by atoms with Gasteiger partial charge < -0.3 is 9.64 Å². The van der Waals surface area contributed by atoms with E-state index in [9.17, 15) is 9.18 Å². The van der Waals surface area contributed by atoms with Crippen LogP contribution in [0.1, 0.15) is 12.0 Å². The third kappa shape index (κ3) is 3.73. The van der Waals surface area contributed by atoms with Crippen LogP contribution < -0.4 is 15.2 Å². The SMILES string of the molecule is COc1cc(F)ccc1C1=CCCN(c2nc(-c3ccncn3)cc(=O)n2C)C1. The molecule has 0 saturated carbocycles. The summed E-state index contributed by atoms with van der Waals surface area (Å²) in [5.74, 6) is 0.688. The number of nitrogens with zero attached hydrogens (tertiary/aromatic N) is 5. The van der Waals surface area contributed by atoms with Gasteiger partial charge in [-0.1, -0.05) is 6.08 Å². The second-order valence-electron chi connectivity index (χ2n) is 6.72. The molecule has 0 aliphatic carbocycles. The Morgan fingerprint density at radius 2 is 2.03 bits per heavy atom. The summed E-state index contributed by atoms with van der Waals surface area (Å²) in [6, 6.07) is 7.69. The van der Waals surface area contributed by atoms with Crippen molar-refractivity contribution < 1.29 is 9.13 Å². The second kappa shape index (κ2) is 7.83. The zero-order valence-electron chi connectivity index (χ0n) is 16.2. The quantitative estimate of drug-likeness (QED) is 0.679. The van der Waals surface area contributed by atoms with Crippen LogP contribution in [0.4, 0.5) is 10.3 Å². The number of halogens is 1. The van der Waals surface area contributed by atoms with Crippen LogP contribution in [0.2, 0.25) is 0 Å². The van der Waals surface area contributed by atoms with Crippen LogP contribution in [0.3, 0.4) is 0 Å². The van der Waals surface area contributed by atoms with Gasteiger partial charge in [-0.15, -0.1) is 0 Å². The van der Waals surface area contributed by atoms with Gasteiger partial charge >= 0.3 is 0 Å². The van der Waals surface area contributed by atoms with Crippen molar-refractivity contribution in [1.29, 1.82) is 0 Å². The fourth-order valence-corrected chi connectivity index (χ4v) is 3.42. The Balaban J connectivity index is 1.71. The molecule has 2 aromatic heterocycles. The van der Waals surface area contributed by atoms with E-state index < -0.39 is 0 Å². The second-order valence-corrected chi connectivity index (χ2v) is 6.72. The molecule has 3 heterocycles. The Bertz CT molecular complexity index is 1130. The van der Waals surface area contributed by atoms with E-state index in [1.54, 1.807) is 25.4 Å². The molecule has 1 aliphatic rings. The molecule has 0 saturated heterocycles. The molecule has 0 atom stereocenters.